The molecular formula is C43H43FN4O7. The van der Waals surface area contributed by atoms with Gasteiger partial charge >= 0.3 is 0 Å². The van der Waals surface area contributed by atoms with Crippen molar-refractivity contribution in [2.45, 2.75) is 51.1 Å². The van der Waals surface area contributed by atoms with Crippen LogP contribution < -0.4 is 15.4 Å². The van der Waals surface area contributed by atoms with E-state index in [1.54, 1.807) is 24.3 Å². The molecule has 0 spiro atoms. The van der Waals surface area contributed by atoms with Gasteiger partial charge in [0.25, 0.3) is 11.8 Å². The van der Waals surface area contributed by atoms with E-state index in [-0.39, 0.29) is 52.7 Å². The molecule has 2 amide bonds. The number of nitrogens with zero attached hydrogens (tertiary/aromatic N) is 2. The van der Waals surface area contributed by atoms with Gasteiger partial charge in [0.1, 0.15) is 34.5 Å². The van der Waals surface area contributed by atoms with E-state index in [9.17, 15) is 14.0 Å². The van der Waals surface area contributed by atoms with Crippen molar-refractivity contribution in [3.63, 3.8) is 0 Å². The van der Waals surface area contributed by atoms with Crippen LogP contribution in [0.4, 0.5) is 4.39 Å². The molecule has 2 aromatic heterocycles. The minimum Gasteiger partial charge on any atom is -0.508 e. The predicted molar refractivity (Wildman–Crippen MR) is 204 cm³/mol. The summed E-state index contributed by atoms with van der Waals surface area (Å²) in [6, 6.07) is 34.7. The smallest absolute Gasteiger partial charge is 0.290 e. The van der Waals surface area contributed by atoms with Crippen molar-refractivity contribution < 1.29 is 38.0 Å². The molecule has 0 atom stereocenters. The molecule has 0 radical (unpaired) electrons. The highest BCUT2D eigenvalue weighted by Crippen LogP contribution is 2.31. The third-order valence-corrected chi connectivity index (χ3v) is 9.48. The lowest BCUT2D eigenvalue weighted by atomic mass is 9.78. The van der Waals surface area contributed by atoms with E-state index >= 15 is 0 Å². The maximum Gasteiger partial charge on any atom is 0.290 e. The lowest BCUT2D eigenvalue weighted by Gasteiger charge is -2.35. The van der Waals surface area contributed by atoms with Crippen LogP contribution in [-0.2, 0) is 0 Å². The van der Waals surface area contributed by atoms with E-state index in [4.69, 9.17) is 24.0 Å². The van der Waals surface area contributed by atoms with Gasteiger partial charge in [-0.05, 0) is 86.1 Å². The summed E-state index contributed by atoms with van der Waals surface area (Å²) in [4.78, 5) is 24.3. The Balaban J connectivity index is 0.000000160. The average Bonchev–Trinajstić information content (AvgIpc) is 3.89. The molecule has 6 aromatic rings. The standard InChI is InChI=1S/C21H19FN2O3.C16H18N2O2.C6H6O2/c22-16-6-8-18(9-7-16)26-13-14-10-17(11-14)23-21(25)20-12-19(24-27-20)15-4-2-1-3-5-15;1-2-11-8-13(9-11)17-16(19)15-10-14(18-20-15)12-6-4-3-5-7-12;7-5-1-2-6(8)4-3-5/h1-9,12,14,17H,10-11,13H2,(H,23,25);3-7,10-11,13H,2,8-9H2,1H3,(H,17,19);1-4,7-8H. The van der Waals surface area contributed by atoms with Crippen molar-refractivity contribution in [3.8, 4) is 39.8 Å². The van der Waals surface area contributed by atoms with E-state index in [2.05, 4.69) is 27.9 Å². The number of aromatic nitrogens is 2. The Bertz CT molecular complexity index is 2070. The fraction of sp³-hybridized carbons (Fsp3) is 0.256. The van der Waals surface area contributed by atoms with Crippen molar-refractivity contribution in [3.05, 3.63) is 139 Å². The van der Waals surface area contributed by atoms with Gasteiger partial charge in [-0.2, -0.15) is 0 Å². The SMILES string of the molecule is CCC1CC(NC(=O)c2cc(-c3ccccc3)no2)C1.O=C(NC1CC(COc2ccc(F)cc2)C1)c1cc(-c2ccccc2)no1.Oc1ccc(O)cc1. The number of hydrogen-bond donors (Lipinski definition) is 4. The van der Waals surface area contributed by atoms with Crippen molar-refractivity contribution >= 4 is 11.8 Å². The highest BCUT2D eigenvalue weighted by molar-refractivity contribution is 5.93. The van der Waals surface area contributed by atoms with E-state index in [1.807, 2.05) is 60.7 Å². The first kappa shape index (κ1) is 38.3. The second-order valence-corrected chi connectivity index (χ2v) is 13.6. The minimum absolute atomic E-state index is 0.101. The van der Waals surface area contributed by atoms with Crippen LogP contribution in [0.2, 0.25) is 0 Å². The number of nitrogens with one attached hydrogen (secondary N) is 2. The number of amides is 2. The Kier molecular flexibility index (Phi) is 12.9. The fourth-order valence-electron chi connectivity index (χ4n) is 6.14. The van der Waals surface area contributed by atoms with E-state index in [0.717, 1.165) is 42.7 Å². The summed E-state index contributed by atoms with van der Waals surface area (Å²) in [6.45, 7) is 2.74. The summed E-state index contributed by atoms with van der Waals surface area (Å²) in [5, 5.41) is 31.1. The fourth-order valence-corrected chi connectivity index (χ4v) is 6.14. The maximum absolute atomic E-state index is 12.9. The summed E-state index contributed by atoms with van der Waals surface area (Å²) in [5.74, 6) is 1.90. The van der Waals surface area contributed by atoms with Crippen LogP contribution in [0.25, 0.3) is 22.5 Å². The quantitative estimate of drug-likeness (QED) is 0.101. The Morgan fingerprint density at radius 1 is 0.673 bits per heavy atom. The van der Waals surface area contributed by atoms with Crippen LogP contribution in [-0.4, -0.2) is 51.0 Å². The number of carbonyl (C=O) groups excluding carboxylic acids is 2. The average molecular weight is 747 g/mol. The first-order valence-electron chi connectivity index (χ1n) is 18.2. The van der Waals surface area contributed by atoms with Gasteiger partial charge in [0.05, 0.1) is 6.61 Å². The van der Waals surface area contributed by atoms with E-state index in [0.29, 0.717) is 29.7 Å². The van der Waals surface area contributed by atoms with Gasteiger partial charge in [-0.1, -0.05) is 84.3 Å². The van der Waals surface area contributed by atoms with Crippen LogP contribution in [0.15, 0.2) is 130 Å². The largest absolute Gasteiger partial charge is 0.508 e. The number of phenols is 2. The summed E-state index contributed by atoms with van der Waals surface area (Å²) in [5.41, 5.74) is 3.18. The maximum atomic E-state index is 12.9. The zero-order valence-corrected chi connectivity index (χ0v) is 30.3. The van der Waals surface area contributed by atoms with Gasteiger partial charge in [0.2, 0.25) is 11.5 Å². The first-order chi connectivity index (χ1) is 26.7. The normalized spacial score (nSPS) is 18.1. The molecule has 4 aromatic carbocycles. The minimum atomic E-state index is -0.281. The van der Waals surface area contributed by atoms with Crippen molar-refractivity contribution in [2.75, 3.05) is 6.61 Å². The lowest BCUT2D eigenvalue weighted by Crippen LogP contribution is -2.45. The number of halogens is 1. The molecule has 12 heteroatoms. The molecule has 4 N–H and O–H groups in total. The van der Waals surface area contributed by atoms with Gasteiger partial charge in [-0.3, -0.25) is 9.59 Å². The Hall–Kier alpha value is -6.43. The number of phenolic OH excluding ortho intramolecular Hbond substituents is 2. The molecular weight excluding hydrogens is 703 g/mol. The summed E-state index contributed by atoms with van der Waals surface area (Å²) in [6.07, 6.45) is 5.01. The molecule has 0 unspecified atom stereocenters. The van der Waals surface area contributed by atoms with Gasteiger partial charge < -0.3 is 34.6 Å². The number of benzene rings is 4. The molecule has 2 aliphatic carbocycles. The predicted octanol–water partition coefficient (Wildman–Crippen LogP) is 8.43. The monoisotopic (exact) mass is 746 g/mol. The van der Waals surface area contributed by atoms with Gasteiger partial charge in [-0.25, -0.2) is 4.39 Å². The number of aromatic hydroxyl groups is 2. The van der Waals surface area contributed by atoms with Crippen molar-refractivity contribution in [1.82, 2.24) is 20.9 Å². The number of ether oxygens (including phenoxy) is 1. The molecule has 2 aliphatic rings. The first-order valence-corrected chi connectivity index (χ1v) is 18.2. The zero-order valence-electron chi connectivity index (χ0n) is 30.3. The van der Waals surface area contributed by atoms with E-state index < -0.39 is 0 Å². The Morgan fingerprint density at radius 2 is 1.11 bits per heavy atom. The molecule has 2 saturated carbocycles. The molecule has 11 nitrogen and oxygen atoms in total. The van der Waals surface area contributed by atoms with Gasteiger partial charge in [0, 0.05) is 35.3 Å². The van der Waals surface area contributed by atoms with Crippen LogP contribution in [0, 0.1) is 17.7 Å². The molecule has 0 aliphatic heterocycles. The van der Waals surface area contributed by atoms with Crippen LogP contribution in [0.5, 0.6) is 17.2 Å². The Labute approximate surface area is 318 Å². The van der Waals surface area contributed by atoms with Gasteiger partial charge in [0.15, 0.2) is 0 Å². The summed E-state index contributed by atoms with van der Waals surface area (Å²) in [7, 11) is 0. The van der Waals surface area contributed by atoms with E-state index in [1.165, 1.54) is 42.8 Å². The third kappa shape index (κ3) is 11.0. The summed E-state index contributed by atoms with van der Waals surface area (Å²) < 4.78 is 28.8. The molecule has 8 rings (SSSR count). The van der Waals surface area contributed by atoms with Crippen molar-refractivity contribution in [2.24, 2.45) is 11.8 Å². The Morgan fingerprint density at radius 3 is 1.55 bits per heavy atom. The molecule has 2 fully saturated rings. The zero-order chi connectivity index (χ0) is 38.6. The highest BCUT2D eigenvalue weighted by Gasteiger charge is 2.32. The van der Waals surface area contributed by atoms with Gasteiger partial charge in [-0.15, -0.1) is 0 Å². The second kappa shape index (κ2) is 18.6. The molecule has 2 heterocycles. The third-order valence-electron chi connectivity index (χ3n) is 9.48. The number of hydrogen-bond acceptors (Lipinski definition) is 9. The number of carbonyl (C=O) groups is 2. The van der Waals surface area contributed by atoms with Crippen molar-refractivity contribution in [1.29, 1.82) is 0 Å². The molecule has 55 heavy (non-hydrogen) atoms. The molecule has 284 valence electrons. The topological polar surface area (TPSA) is 160 Å². The highest BCUT2D eigenvalue weighted by atomic mass is 19.1. The van der Waals surface area contributed by atoms with Crippen LogP contribution in [0.3, 0.4) is 0 Å². The molecule has 0 saturated heterocycles. The lowest BCUT2D eigenvalue weighted by molar-refractivity contribution is 0.0813. The second-order valence-electron chi connectivity index (χ2n) is 13.6. The van der Waals surface area contributed by atoms with Crippen LogP contribution in [0.1, 0.15) is 60.1 Å². The molecule has 0 bridgehead atoms. The van der Waals surface area contributed by atoms with Crippen LogP contribution >= 0.6 is 0 Å². The number of rotatable bonds is 10. The summed E-state index contributed by atoms with van der Waals surface area (Å²) >= 11 is 0.